The molecule has 0 radical (unpaired) electrons. The molecule has 2 rings (SSSR count). The van der Waals surface area contributed by atoms with Crippen LogP contribution in [0.5, 0.6) is 5.88 Å². The lowest BCUT2D eigenvalue weighted by Gasteiger charge is -2.12. The molecule has 0 aromatic carbocycles. The average Bonchev–Trinajstić information content (AvgIpc) is 3.20. The molecule has 1 aromatic rings. The summed E-state index contributed by atoms with van der Waals surface area (Å²) in [5, 5.41) is 0. The van der Waals surface area contributed by atoms with Crippen molar-refractivity contribution in [2.45, 2.75) is 38.5 Å². The number of rotatable bonds is 7. The first-order valence-corrected chi connectivity index (χ1v) is 6.35. The molecule has 3 N–H and O–H groups in total. The minimum atomic E-state index is 0.480. The first-order valence-electron chi connectivity index (χ1n) is 6.35. The van der Waals surface area contributed by atoms with E-state index in [1.54, 1.807) is 0 Å². The lowest BCUT2D eigenvalue weighted by atomic mass is 10.3. The summed E-state index contributed by atoms with van der Waals surface area (Å²) in [6.07, 6.45) is 6.09. The monoisotopic (exact) mass is 248 g/mol. The van der Waals surface area contributed by atoms with Gasteiger partial charge in [0.2, 0.25) is 5.88 Å². The Morgan fingerprint density at radius 1 is 1.50 bits per heavy atom. The number of hydrogen-bond donors (Lipinski definition) is 2. The minimum absolute atomic E-state index is 0.480. The Balaban J connectivity index is 2.10. The Morgan fingerprint density at radius 3 is 2.89 bits per heavy atom. The van der Waals surface area contributed by atoms with Crippen molar-refractivity contribution in [3.63, 3.8) is 0 Å². The van der Waals surface area contributed by atoms with E-state index in [0.717, 1.165) is 37.1 Å². The van der Waals surface area contributed by atoms with Crippen LogP contribution >= 0.6 is 0 Å². The van der Waals surface area contributed by atoms with Crippen LogP contribution in [-0.4, -0.2) is 16.6 Å². The molecule has 0 spiro atoms. The fourth-order valence-electron chi connectivity index (χ4n) is 1.71. The maximum absolute atomic E-state index is 5.71. The second-order valence-electron chi connectivity index (χ2n) is 4.56. The van der Waals surface area contributed by atoms with E-state index in [2.05, 4.69) is 22.0 Å². The van der Waals surface area contributed by atoms with E-state index < -0.39 is 0 Å². The van der Waals surface area contributed by atoms with Gasteiger partial charge in [-0.1, -0.05) is 6.08 Å². The Bertz CT molecular complexity index is 429. The summed E-state index contributed by atoms with van der Waals surface area (Å²) in [7, 11) is 0. The minimum Gasteiger partial charge on any atom is -0.477 e. The van der Waals surface area contributed by atoms with Gasteiger partial charge >= 0.3 is 0 Å². The van der Waals surface area contributed by atoms with E-state index >= 15 is 0 Å². The predicted octanol–water partition coefficient (Wildman–Crippen LogP) is 2.29. The normalized spacial score (nSPS) is 14.3. The van der Waals surface area contributed by atoms with Crippen LogP contribution in [0, 0.1) is 6.92 Å². The number of anilines is 1. The van der Waals surface area contributed by atoms with Crippen molar-refractivity contribution >= 4 is 5.82 Å². The van der Waals surface area contributed by atoms with Crippen LogP contribution in [0.4, 0.5) is 5.82 Å². The molecule has 18 heavy (non-hydrogen) atoms. The maximum Gasteiger partial charge on any atom is 0.221 e. The van der Waals surface area contributed by atoms with Crippen molar-refractivity contribution in [3.05, 3.63) is 24.0 Å². The summed E-state index contributed by atoms with van der Waals surface area (Å²) in [5.74, 6) is 8.10. The lowest BCUT2D eigenvalue weighted by molar-refractivity contribution is 0.296. The summed E-state index contributed by atoms with van der Waals surface area (Å²) < 4.78 is 5.71. The number of allylic oxidation sites excluding steroid dienone is 1. The van der Waals surface area contributed by atoms with Gasteiger partial charge in [0.1, 0.15) is 11.6 Å². The molecule has 0 atom stereocenters. The van der Waals surface area contributed by atoms with Crippen LogP contribution in [0.2, 0.25) is 0 Å². The molecule has 1 aliphatic carbocycles. The number of aromatic nitrogens is 2. The third-order valence-electron chi connectivity index (χ3n) is 2.99. The Labute approximate surface area is 107 Å². The Hall–Kier alpha value is -1.62. The highest BCUT2D eigenvalue weighted by molar-refractivity contribution is 5.48. The number of nitrogens with one attached hydrogen (secondary N) is 1. The van der Waals surface area contributed by atoms with E-state index in [-0.39, 0.29) is 0 Å². The van der Waals surface area contributed by atoms with Crippen LogP contribution < -0.4 is 16.0 Å². The Morgan fingerprint density at radius 2 is 2.28 bits per heavy atom. The van der Waals surface area contributed by atoms with Gasteiger partial charge in [0.15, 0.2) is 0 Å². The summed E-state index contributed by atoms with van der Waals surface area (Å²) in [6.45, 7) is 6.24. The number of nitrogens with zero attached hydrogens (tertiary/aromatic N) is 2. The topological polar surface area (TPSA) is 73.1 Å². The molecule has 0 amide bonds. The van der Waals surface area contributed by atoms with Crippen molar-refractivity contribution in [3.8, 4) is 5.88 Å². The van der Waals surface area contributed by atoms with Gasteiger partial charge < -0.3 is 10.2 Å². The molecule has 1 saturated carbocycles. The Kier molecular flexibility index (Phi) is 4.15. The number of unbranched alkanes of at least 4 members (excludes halogenated alkanes) is 1. The number of nitrogen functional groups attached to an aromatic ring is 1. The molecule has 5 nitrogen and oxygen atoms in total. The number of ether oxygens (including phenoxy) is 1. The van der Waals surface area contributed by atoms with Crippen molar-refractivity contribution in [2.24, 2.45) is 5.84 Å². The first kappa shape index (κ1) is 12.8. The zero-order chi connectivity index (χ0) is 13.0. The van der Waals surface area contributed by atoms with E-state index in [1.807, 2.05) is 13.0 Å². The predicted molar refractivity (Wildman–Crippen MR) is 71.5 cm³/mol. The van der Waals surface area contributed by atoms with Gasteiger partial charge in [0.05, 0.1) is 12.2 Å². The van der Waals surface area contributed by atoms with Crippen LogP contribution in [0.3, 0.4) is 0 Å². The molecule has 0 unspecified atom stereocenters. The molecular formula is C13H20N4O. The largest absolute Gasteiger partial charge is 0.477 e. The average molecular weight is 248 g/mol. The maximum atomic E-state index is 5.71. The number of hydrazine groups is 1. The van der Waals surface area contributed by atoms with Gasteiger partial charge in [-0.2, -0.15) is 4.98 Å². The van der Waals surface area contributed by atoms with Crippen LogP contribution in [0.15, 0.2) is 12.7 Å². The SMILES string of the molecule is C=CCCCOc1nc(C2CC2)nc(NN)c1C. The summed E-state index contributed by atoms with van der Waals surface area (Å²) in [6, 6.07) is 0. The molecule has 1 aliphatic rings. The highest BCUT2D eigenvalue weighted by atomic mass is 16.5. The van der Waals surface area contributed by atoms with E-state index in [1.165, 1.54) is 0 Å². The molecule has 0 bridgehead atoms. The lowest BCUT2D eigenvalue weighted by Crippen LogP contribution is -2.14. The van der Waals surface area contributed by atoms with Gasteiger partial charge in [-0.25, -0.2) is 10.8 Å². The van der Waals surface area contributed by atoms with Crippen molar-refractivity contribution in [1.82, 2.24) is 9.97 Å². The van der Waals surface area contributed by atoms with Gasteiger partial charge in [0, 0.05) is 5.92 Å². The summed E-state index contributed by atoms with van der Waals surface area (Å²) >= 11 is 0. The van der Waals surface area contributed by atoms with Crippen molar-refractivity contribution in [2.75, 3.05) is 12.0 Å². The molecule has 1 fully saturated rings. The molecule has 1 heterocycles. The number of nitrogens with two attached hydrogens (primary N) is 1. The fourth-order valence-corrected chi connectivity index (χ4v) is 1.71. The van der Waals surface area contributed by atoms with Crippen LogP contribution in [-0.2, 0) is 0 Å². The van der Waals surface area contributed by atoms with Crippen LogP contribution in [0.1, 0.15) is 43.0 Å². The molecule has 98 valence electrons. The quantitative estimate of drug-likeness (QED) is 0.335. The highest BCUT2D eigenvalue weighted by Gasteiger charge is 2.28. The van der Waals surface area contributed by atoms with E-state index in [4.69, 9.17) is 10.6 Å². The first-order chi connectivity index (χ1) is 8.76. The van der Waals surface area contributed by atoms with E-state index in [9.17, 15) is 0 Å². The third kappa shape index (κ3) is 2.98. The van der Waals surface area contributed by atoms with Gasteiger partial charge in [0.25, 0.3) is 0 Å². The van der Waals surface area contributed by atoms with E-state index in [0.29, 0.717) is 24.2 Å². The summed E-state index contributed by atoms with van der Waals surface area (Å²) in [5.41, 5.74) is 3.47. The van der Waals surface area contributed by atoms with Crippen molar-refractivity contribution < 1.29 is 4.74 Å². The zero-order valence-corrected chi connectivity index (χ0v) is 10.8. The van der Waals surface area contributed by atoms with Crippen molar-refractivity contribution in [1.29, 1.82) is 0 Å². The second-order valence-corrected chi connectivity index (χ2v) is 4.56. The van der Waals surface area contributed by atoms with Gasteiger partial charge in [-0.05, 0) is 32.6 Å². The zero-order valence-electron chi connectivity index (χ0n) is 10.8. The summed E-state index contributed by atoms with van der Waals surface area (Å²) in [4.78, 5) is 8.90. The smallest absolute Gasteiger partial charge is 0.221 e. The van der Waals surface area contributed by atoms with Gasteiger partial charge in [-0.15, -0.1) is 6.58 Å². The van der Waals surface area contributed by atoms with Gasteiger partial charge in [-0.3, -0.25) is 0 Å². The third-order valence-corrected chi connectivity index (χ3v) is 2.99. The molecule has 0 saturated heterocycles. The highest BCUT2D eigenvalue weighted by Crippen LogP contribution is 2.39. The second kappa shape index (κ2) is 5.82. The molecule has 0 aliphatic heterocycles. The standard InChI is InChI=1S/C13H20N4O/c1-3-4-5-8-18-13-9(2)11(17-14)15-12(16-13)10-6-7-10/h3,10H,1,4-8,14H2,2H3,(H,15,16,17). The molecule has 1 aromatic heterocycles. The fraction of sp³-hybridized carbons (Fsp3) is 0.538. The molecule has 5 heteroatoms. The number of hydrogen-bond acceptors (Lipinski definition) is 5. The molecular weight excluding hydrogens is 228 g/mol. The van der Waals surface area contributed by atoms with Crippen LogP contribution in [0.25, 0.3) is 0 Å².